The van der Waals surface area contributed by atoms with Crippen molar-refractivity contribution < 1.29 is 4.39 Å². The molecule has 0 spiro atoms. The molecule has 2 nitrogen and oxygen atoms in total. The summed E-state index contributed by atoms with van der Waals surface area (Å²) in [7, 11) is 0. The van der Waals surface area contributed by atoms with E-state index in [-0.39, 0.29) is 5.82 Å². The Morgan fingerprint density at radius 1 is 1.17 bits per heavy atom. The summed E-state index contributed by atoms with van der Waals surface area (Å²) in [5, 5.41) is 3.40. The molecule has 2 rings (SSSR count). The first kappa shape index (κ1) is 12.8. The number of rotatable bonds is 5. The molecule has 3 heteroatoms. The Morgan fingerprint density at radius 2 is 1.89 bits per heavy atom. The molecular formula is C15H19FN2. The van der Waals surface area contributed by atoms with E-state index in [0.29, 0.717) is 6.04 Å². The molecule has 0 amide bonds. The Kier molecular flexibility index (Phi) is 4.15. The summed E-state index contributed by atoms with van der Waals surface area (Å²) in [6.45, 7) is 5.90. The van der Waals surface area contributed by atoms with Gasteiger partial charge in [-0.05, 0) is 29.8 Å². The topological polar surface area (TPSA) is 17.0 Å². The Hall–Kier alpha value is -1.61. The van der Waals surface area contributed by atoms with E-state index < -0.39 is 0 Å². The number of aromatic nitrogens is 1. The molecule has 1 aromatic heterocycles. The molecule has 1 aromatic carbocycles. The summed E-state index contributed by atoms with van der Waals surface area (Å²) < 4.78 is 15.0. The van der Waals surface area contributed by atoms with E-state index >= 15 is 0 Å². The van der Waals surface area contributed by atoms with Gasteiger partial charge in [-0.25, -0.2) is 4.39 Å². The molecule has 0 saturated heterocycles. The van der Waals surface area contributed by atoms with E-state index in [1.165, 1.54) is 17.8 Å². The summed E-state index contributed by atoms with van der Waals surface area (Å²) in [6, 6.07) is 11.3. The monoisotopic (exact) mass is 246 g/mol. The number of hydrogen-bond donors (Lipinski definition) is 1. The highest BCUT2D eigenvalue weighted by Gasteiger charge is 2.03. The van der Waals surface area contributed by atoms with Crippen molar-refractivity contribution in [1.82, 2.24) is 9.88 Å². The van der Waals surface area contributed by atoms with Crippen LogP contribution in [0.5, 0.6) is 0 Å². The van der Waals surface area contributed by atoms with Crippen LogP contribution in [-0.4, -0.2) is 10.6 Å². The van der Waals surface area contributed by atoms with Gasteiger partial charge >= 0.3 is 0 Å². The zero-order valence-electron chi connectivity index (χ0n) is 10.9. The first-order valence-corrected chi connectivity index (χ1v) is 6.27. The third-order valence-corrected chi connectivity index (χ3v) is 2.88. The van der Waals surface area contributed by atoms with Gasteiger partial charge in [0.1, 0.15) is 5.82 Å². The van der Waals surface area contributed by atoms with E-state index in [2.05, 4.69) is 36.0 Å². The lowest BCUT2D eigenvalue weighted by Gasteiger charge is -2.12. The van der Waals surface area contributed by atoms with Crippen LogP contribution in [0.15, 0.2) is 42.6 Å². The number of halogens is 1. The van der Waals surface area contributed by atoms with Crippen molar-refractivity contribution in [2.24, 2.45) is 0 Å². The quantitative estimate of drug-likeness (QED) is 0.857. The Balaban J connectivity index is 2.05. The van der Waals surface area contributed by atoms with Crippen LogP contribution >= 0.6 is 0 Å². The van der Waals surface area contributed by atoms with Crippen molar-refractivity contribution in [3.05, 3.63) is 59.7 Å². The van der Waals surface area contributed by atoms with Gasteiger partial charge in [-0.15, -0.1) is 0 Å². The molecule has 18 heavy (non-hydrogen) atoms. The van der Waals surface area contributed by atoms with Crippen molar-refractivity contribution in [1.29, 1.82) is 0 Å². The van der Waals surface area contributed by atoms with Gasteiger partial charge in [-0.3, -0.25) is 0 Å². The van der Waals surface area contributed by atoms with E-state index in [9.17, 15) is 4.39 Å². The minimum atomic E-state index is -0.187. The number of hydrogen-bond acceptors (Lipinski definition) is 1. The molecule has 0 fully saturated rings. The normalized spacial score (nSPS) is 11.1. The Bertz CT molecular complexity index is 485. The lowest BCUT2D eigenvalue weighted by atomic mass is 10.2. The second-order valence-electron chi connectivity index (χ2n) is 4.79. The van der Waals surface area contributed by atoms with Gasteiger partial charge in [-0.1, -0.05) is 26.0 Å². The van der Waals surface area contributed by atoms with Gasteiger partial charge < -0.3 is 9.88 Å². The van der Waals surface area contributed by atoms with E-state index in [0.717, 1.165) is 18.7 Å². The summed E-state index contributed by atoms with van der Waals surface area (Å²) in [4.78, 5) is 0. The third kappa shape index (κ3) is 3.44. The molecule has 0 aliphatic heterocycles. The second-order valence-corrected chi connectivity index (χ2v) is 4.79. The predicted octanol–water partition coefficient (Wildman–Crippen LogP) is 3.17. The van der Waals surface area contributed by atoms with Gasteiger partial charge in [0.25, 0.3) is 0 Å². The molecule has 96 valence electrons. The molecule has 0 aliphatic carbocycles. The highest BCUT2D eigenvalue weighted by Crippen LogP contribution is 2.09. The van der Waals surface area contributed by atoms with Crippen molar-refractivity contribution >= 4 is 0 Å². The van der Waals surface area contributed by atoms with Gasteiger partial charge in [0.05, 0.1) is 0 Å². The van der Waals surface area contributed by atoms with Crippen LogP contribution in [0.3, 0.4) is 0 Å². The molecule has 0 aliphatic rings. The zero-order valence-corrected chi connectivity index (χ0v) is 10.9. The maximum atomic E-state index is 12.8. The minimum Gasteiger partial charge on any atom is -0.346 e. The van der Waals surface area contributed by atoms with Gasteiger partial charge in [-0.2, -0.15) is 0 Å². The summed E-state index contributed by atoms with van der Waals surface area (Å²) in [5.41, 5.74) is 2.35. The molecular weight excluding hydrogens is 227 g/mol. The smallest absolute Gasteiger partial charge is 0.123 e. The first-order valence-electron chi connectivity index (χ1n) is 6.27. The SMILES string of the molecule is CC(C)NCc1cccn1Cc1ccc(F)cc1. The van der Waals surface area contributed by atoms with Crippen molar-refractivity contribution in [2.45, 2.75) is 33.0 Å². The number of nitrogens with zero attached hydrogens (tertiary/aromatic N) is 1. The van der Waals surface area contributed by atoms with Crippen LogP contribution in [0.4, 0.5) is 4.39 Å². The predicted molar refractivity (Wildman–Crippen MR) is 71.9 cm³/mol. The van der Waals surface area contributed by atoms with Crippen molar-refractivity contribution in [3.8, 4) is 0 Å². The van der Waals surface area contributed by atoms with Gasteiger partial charge in [0.2, 0.25) is 0 Å². The average molecular weight is 246 g/mol. The van der Waals surface area contributed by atoms with Crippen LogP contribution in [0.1, 0.15) is 25.1 Å². The van der Waals surface area contributed by atoms with E-state index in [1.54, 1.807) is 0 Å². The Morgan fingerprint density at radius 3 is 2.56 bits per heavy atom. The summed E-state index contributed by atoms with van der Waals surface area (Å²) in [6.07, 6.45) is 2.06. The largest absolute Gasteiger partial charge is 0.346 e. The van der Waals surface area contributed by atoms with Crippen LogP contribution in [0.2, 0.25) is 0 Å². The maximum Gasteiger partial charge on any atom is 0.123 e. The fraction of sp³-hybridized carbons (Fsp3) is 0.333. The van der Waals surface area contributed by atoms with Crippen molar-refractivity contribution in [3.63, 3.8) is 0 Å². The highest BCUT2D eigenvalue weighted by atomic mass is 19.1. The molecule has 0 atom stereocenters. The zero-order chi connectivity index (χ0) is 13.0. The molecule has 1 N–H and O–H groups in total. The standard InChI is InChI=1S/C15H19FN2/c1-12(2)17-10-15-4-3-9-18(15)11-13-5-7-14(16)8-6-13/h3-9,12,17H,10-11H2,1-2H3. The van der Waals surface area contributed by atoms with Gasteiger partial charge in [0, 0.05) is 31.0 Å². The molecule has 2 aromatic rings. The second kappa shape index (κ2) is 5.83. The average Bonchev–Trinajstić information content (AvgIpc) is 2.77. The minimum absolute atomic E-state index is 0.187. The van der Waals surface area contributed by atoms with Crippen LogP contribution < -0.4 is 5.32 Å². The Labute approximate surface area is 107 Å². The van der Waals surface area contributed by atoms with Crippen molar-refractivity contribution in [2.75, 3.05) is 0 Å². The van der Waals surface area contributed by atoms with Gasteiger partial charge in [0.15, 0.2) is 0 Å². The number of nitrogens with one attached hydrogen (secondary N) is 1. The molecule has 0 radical (unpaired) electrons. The fourth-order valence-electron chi connectivity index (χ4n) is 1.86. The van der Waals surface area contributed by atoms with Crippen LogP contribution in [0.25, 0.3) is 0 Å². The number of benzene rings is 1. The molecule has 1 heterocycles. The summed E-state index contributed by atoms with van der Waals surface area (Å²) in [5.74, 6) is -0.187. The van der Waals surface area contributed by atoms with E-state index in [4.69, 9.17) is 0 Å². The molecule has 0 bridgehead atoms. The van der Waals surface area contributed by atoms with E-state index in [1.807, 2.05) is 18.2 Å². The lowest BCUT2D eigenvalue weighted by molar-refractivity contribution is 0.564. The lowest BCUT2D eigenvalue weighted by Crippen LogP contribution is -2.23. The van der Waals surface area contributed by atoms with Crippen LogP contribution in [0, 0.1) is 5.82 Å². The maximum absolute atomic E-state index is 12.8. The highest BCUT2D eigenvalue weighted by molar-refractivity contribution is 5.18. The summed E-state index contributed by atoms with van der Waals surface area (Å²) >= 11 is 0. The first-order chi connectivity index (χ1) is 8.65. The fourth-order valence-corrected chi connectivity index (χ4v) is 1.86. The molecule has 0 unspecified atom stereocenters. The van der Waals surface area contributed by atoms with Crippen LogP contribution in [-0.2, 0) is 13.1 Å². The molecule has 0 saturated carbocycles. The third-order valence-electron chi connectivity index (χ3n) is 2.88.